The van der Waals surface area contributed by atoms with Gasteiger partial charge in [0.15, 0.2) is 0 Å². The number of hydrogen-bond acceptors (Lipinski definition) is 5. The van der Waals surface area contributed by atoms with E-state index in [1.165, 1.54) is 5.39 Å². The zero-order valence-electron chi connectivity index (χ0n) is 20.3. The number of rotatable bonds is 9. The van der Waals surface area contributed by atoms with Crippen LogP contribution in [0.15, 0.2) is 66.7 Å². The number of amides is 1. The number of nitrogens with zero attached hydrogens (tertiary/aromatic N) is 1. The molecule has 1 heterocycles. The second kappa shape index (κ2) is 13.0. The molecule has 0 radical (unpaired) electrons. The fourth-order valence-electron chi connectivity index (χ4n) is 4.49. The average molecular weight is 567 g/mol. The van der Waals surface area contributed by atoms with Gasteiger partial charge in [0.2, 0.25) is 3.79 Å². The Bertz CT molecular complexity index is 1190. The zero-order valence-corrected chi connectivity index (χ0v) is 22.6. The largest absolute Gasteiger partial charge is 0.493 e. The summed E-state index contributed by atoms with van der Waals surface area (Å²) in [6, 6.07) is 22.3. The molecule has 2 unspecified atom stereocenters. The fraction of sp³-hybridized carbons (Fsp3) is 0.393. The second-order valence-electron chi connectivity index (χ2n) is 9.04. The number of piperidine rings is 1. The van der Waals surface area contributed by atoms with Crippen molar-refractivity contribution < 1.29 is 24.1 Å². The lowest BCUT2D eigenvalue weighted by molar-refractivity contribution is -0.0236. The topological polar surface area (TPSA) is 68.2 Å². The van der Waals surface area contributed by atoms with Crippen molar-refractivity contribution in [1.82, 2.24) is 4.90 Å². The van der Waals surface area contributed by atoms with Crippen LogP contribution < -0.4 is 4.74 Å². The van der Waals surface area contributed by atoms with Crippen LogP contribution >= 0.6 is 34.8 Å². The zero-order chi connectivity index (χ0) is 26.3. The SMILES string of the molecule is O=C(OCC(Cl)(Cl)Cl)N1CCC(c2cccc(OCCCO)c2)C(OCc2ccc3ccccc3c2)C1. The lowest BCUT2D eigenvalue weighted by Gasteiger charge is -2.38. The Morgan fingerprint density at radius 3 is 2.62 bits per heavy atom. The number of likely N-dealkylation sites (tertiary alicyclic amines) is 1. The van der Waals surface area contributed by atoms with E-state index >= 15 is 0 Å². The number of benzene rings is 3. The van der Waals surface area contributed by atoms with Gasteiger partial charge in [-0.05, 0) is 46.5 Å². The predicted molar refractivity (Wildman–Crippen MR) is 147 cm³/mol. The van der Waals surface area contributed by atoms with Crippen molar-refractivity contribution in [3.8, 4) is 5.75 Å². The first kappa shape index (κ1) is 27.8. The minimum Gasteiger partial charge on any atom is -0.493 e. The first-order chi connectivity index (χ1) is 17.8. The van der Waals surface area contributed by atoms with Crippen molar-refractivity contribution in [3.05, 3.63) is 77.9 Å². The van der Waals surface area contributed by atoms with Crippen LogP contribution in [0.2, 0.25) is 0 Å². The van der Waals surface area contributed by atoms with Crippen molar-refractivity contribution in [2.45, 2.75) is 35.3 Å². The molecule has 3 aromatic carbocycles. The monoisotopic (exact) mass is 565 g/mol. The van der Waals surface area contributed by atoms with Crippen LogP contribution in [0, 0.1) is 0 Å². The van der Waals surface area contributed by atoms with Crippen LogP contribution in [0.25, 0.3) is 10.8 Å². The Labute approximate surface area is 232 Å². The summed E-state index contributed by atoms with van der Waals surface area (Å²) in [7, 11) is 0. The molecule has 9 heteroatoms. The Morgan fingerprint density at radius 2 is 1.84 bits per heavy atom. The number of alkyl halides is 3. The minimum atomic E-state index is -1.67. The van der Waals surface area contributed by atoms with Gasteiger partial charge in [0.05, 0.1) is 25.9 Å². The maximum Gasteiger partial charge on any atom is 0.409 e. The Balaban J connectivity index is 1.50. The maximum absolute atomic E-state index is 12.7. The van der Waals surface area contributed by atoms with E-state index in [-0.39, 0.29) is 25.2 Å². The molecule has 0 aliphatic carbocycles. The van der Waals surface area contributed by atoms with E-state index in [1.54, 1.807) is 4.90 Å². The van der Waals surface area contributed by atoms with E-state index in [0.717, 1.165) is 22.3 Å². The first-order valence-corrected chi connectivity index (χ1v) is 13.4. The normalized spacial score (nSPS) is 18.1. The molecule has 1 aliphatic heterocycles. The van der Waals surface area contributed by atoms with E-state index in [4.69, 9.17) is 54.1 Å². The van der Waals surface area contributed by atoms with Gasteiger partial charge in [-0.25, -0.2) is 4.79 Å². The van der Waals surface area contributed by atoms with Gasteiger partial charge in [-0.1, -0.05) is 83.3 Å². The van der Waals surface area contributed by atoms with Crippen molar-refractivity contribution in [2.75, 3.05) is 32.9 Å². The third kappa shape index (κ3) is 8.13. The molecule has 1 amide bonds. The number of halogens is 3. The summed E-state index contributed by atoms with van der Waals surface area (Å²) >= 11 is 17.3. The molecule has 0 spiro atoms. The van der Waals surface area contributed by atoms with E-state index in [2.05, 4.69) is 30.3 Å². The molecular formula is C28H30Cl3NO5. The van der Waals surface area contributed by atoms with Gasteiger partial charge in [-0.2, -0.15) is 0 Å². The van der Waals surface area contributed by atoms with Crippen molar-refractivity contribution in [1.29, 1.82) is 0 Å². The van der Waals surface area contributed by atoms with Gasteiger partial charge in [0.1, 0.15) is 12.4 Å². The minimum absolute atomic E-state index is 0.0408. The second-order valence-corrected chi connectivity index (χ2v) is 11.6. The Kier molecular flexibility index (Phi) is 9.79. The third-order valence-electron chi connectivity index (χ3n) is 6.31. The fourth-order valence-corrected chi connectivity index (χ4v) is 4.65. The smallest absolute Gasteiger partial charge is 0.409 e. The number of carbonyl (C=O) groups is 1. The molecule has 0 bridgehead atoms. The van der Waals surface area contributed by atoms with Crippen molar-refractivity contribution in [2.24, 2.45) is 0 Å². The Hall–Kier alpha value is -2.22. The number of ether oxygens (including phenoxy) is 3. The number of fused-ring (bicyclic) bond motifs is 1. The number of aliphatic hydroxyl groups is 1. The highest BCUT2D eigenvalue weighted by Gasteiger charge is 2.35. The molecule has 37 heavy (non-hydrogen) atoms. The molecule has 0 aromatic heterocycles. The molecule has 0 saturated carbocycles. The van der Waals surface area contributed by atoms with Crippen LogP contribution in [-0.4, -0.2) is 58.9 Å². The molecule has 1 saturated heterocycles. The highest BCUT2D eigenvalue weighted by Crippen LogP contribution is 2.34. The summed E-state index contributed by atoms with van der Waals surface area (Å²) in [5, 5.41) is 11.4. The van der Waals surface area contributed by atoms with Gasteiger partial charge < -0.3 is 24.2 Å². The lowest BCUT2D eigenvalue weighted by Crippen LogP contribution is -2.47. The van der Waals surface area contributed by atoms with Crippen molar-refractivity contribution >= 4 is 51.7 Å². The number of carbonyl (C=O) groups excluding carboxylic acids is 1. The molecule has 4 rings (SSSR count). The summed E-state index contributed by atoms with van der Waals surface area (Å²) in [5.74, 6) is 0.780. The van der Waals surface area contributed by atoms with Crippen LogP contribution in [0.5, 0.6) is 5.75 Å². The van der Waals surface area contributed by atoms with E-state index in [0.29, 0.717) is 39.1 Å². The average Bonchev–Trinajstić information content (AvgIpc) is 2.90. The van der Waals surface area contributed by atoms with E-state index < -0.39 is 9.89 Å². The summed E-state index contributed by atoms with van der Waals surface area (Å²) in [5.41, 5.74) is 2.12. The standard InChI is InChI=1S/C28H30Cl3NO5/c29-28(30,31)19-37-27(34)32-12-11-25(23-7-3-8-24(16-23)35-14-4-13-33)26(17-32)36-18-20-9-10-21-5-1-2-6-22(21)15-20/h1-3,5-10,15-16,25-26,33H,4,11-14,17-19H2. The van der Waals surface area contributed by atoms with E-state index in [1.807, 2.05) is 36.4 Å². The maximum atomic E-state index is 12.7. The van der Waals surface area contributed by atoms with Crippen molar-refractivity contribution in [3.63, 3.8) is 0 Å². The molecule has 1 fully saturated rings. The third-order valence-corrected chi connectivity index (χ3v) is 6.64. The summed E-state index contributed by atoms with van der Waals surface area (Å²) in [6.07, 6.45) is 0.417. The van der Waals surface area contributed by atoms with E-state index in [9.17, 15) is 4.79 Å². The lowest BCUT2D eigenvalue weighted by atomic mass is 9.87. The first-order valence-electron chi connectivity index (χ1n) is 12.2. The molecule has 198 valence electrons. The molecule has 6 nitrogen and oxygen atoms in total. The molecular weight excluding hydrogens is 537 g/mol. The van der Waals surface area contributed by atoms with Gasteiger partial charge in [0, 0.05) is 25.5 Å². The van der Waals surface area contributed by atoms with Gasteiger partial charge in [0.25, 0.3) is 0 Å². The predicted octanol–water partition coefficient (Wildman–Crippen LogP) is 6.48. The molecule has 1 N–H and O–H groups in total. The van der Waals surface area contributed by atoms with Crippen LogP contribution in [0.3, 0.4) is 0 Å². The number of hydrogen-bond donors (Lipinski definition) is 1. The Morgan fingerprint density at radius 1 is 1.03 bits per heavy atom. The summed E-state index contributed by atoms with van der Waals surface area (Å²) in [6.45, 7) is 1.41. The van der Waals surface area contributed by atoms with Gasteiger partial charge >= 0.3 is 6.09 Å². The molecule has 1 aliphatic rings. The quantitative estimate of drug-likeness (QED) is 0.237. The molecule has 3 aromatic rings. The summed E-state index contributed by atoms with van der Waals surface area (Å²) in [4.78, 5) is 14.3. The highest BCUT2D eigenvalue weighted by molar-refractivity contribution is 6.67. The van der Waals surface area contributed by atoms with Crippen LogP contribution in [0.1, 0.15) is 29.9 Å². The molecule has 2 atom stereocenters. The highest BCUT2D eigenvalue weighted by atomic mass is 35.6. The number of aliphatic hydroxyl groups excluding tert-OH is 1. The van der Waals surface area contributed by atoms with Gasteiger partial charge in [-0.3, -0.25) is 0 Å². The van der Waals surface area contributed by atoms with Crippen LogP contribution in [0.4, 0.5) is 4.79 Å². The summed E-state index contributed by atoms with van der Waals surface area (Å²) < 4.78 is 15.8. The van der Waals surface area contributed by atoms with Crippen LogP contribution in [-0.2, 0) is 16.1 Å². The van der Waals surface area contributed by atoms with Gasteiger partial charge in [-0.15, -0.1) is 0 Å².